The second kappa shape index (κ2) is 5.84. The summed E-state index contributed by atoms with van der Waals surface area (Å²) < 4.78 is 6.96. The van der Waals surface area contributed by atoms with Crippen molar-refractivity contribution >= 4 is 0 Å². The lowest BCUT2D eigenvalue weighted by Gasteiger charge is -2.13. The smallest absolute Gasteiger partial charge is 0.213 e. The predicted octanol–water partition coefficient (Wildman–Crippen LogP) is 1.98. The number of aromatic nitrogens is 3. The number of ether oxygens (including phenoxy) is 1. The lowest BCUT2D eigenvalue weighted by molar-refractivity contribution is 0.397. The Morgan fingerprint density at radius 2 is 2.26 bits per heavy atom. The highest BCUT2D eigenvalue weighted by atomic mass is 16.5. The molecule has 0 saturated heterocycles. The molecule has 2 aromatic heterocycles. The van der Waals surface area contributed by atoms with Gasteiger partial charge in [0.2, 0.25) is 5.88 Å². The molecule has 0 aliphatic heterocycles. The van der Waals surface area contributed by atoms with E-state index in [0.29, 0.717) is 5.88 Å². The SMILES string of the molecule is COc1cc(CNC(C)c2cn(C)nc2C)ccn1. The summed E-state index contributed by atoms with van der Waals surface area (Å²) >= 11 is 0. The van der Waals surface area contributed by atoms with Crippen LogP contribution in [0, 0.1) is 6.92 Å². The second-order valence-electron chi connectivity index (χ2n) is 4.65. The molecule has 0 amide bonds. The van der Waals surface area contributed by atoms with Crippen LogP contribution < -0.4 is 10.1 Å². The molecule has 1 N–H and O–H groups in total. The molecular weight excluding hydrogens is 240 g/mol. The summed E-state index contributed by atoms with van der Waals surface area (Å²) in [6.07, 6.45) is 3.82. The van der Waals surface area contributed by atoms with Crippen LogP contribution in [0.4, 0.5) is 0 Å². The highest BCUT2D eigenvalue weighted by molar-refractivity contribution is 5.22. The normalized spacial score (nSPS) is 12.4. The molecule has 5 nitrogen and oxygen atoms in total. The lowest BCUT2D eigenvalue weighted by Crippen LogP contribution is -2.18. The Bertz CT molecular complexity index is 550. The van der Waals surface area contributed by atoms with Gasteiger partial charge in [-0.3, -0.25) is 4.68 Å². The van der Waals surface area contributed by atoms with Crippen molar-refractivity contribution < 1.29 is 4.74 Å². The third-order valence-corrected chi connectivity index (χ3v) is 3.14. The van der Waals surface area contributed by atoms with Crippen LogP contribution >= 0.6 is 0 Å². The van der Waals surface area contributed by atoms with Crippen molar-refractivity contribution in [2.45, 2.75) is 26.4 Å². The Labute approximate surface area is 113 Å². The van der Waals surface area contributed by atoms with Gasteiger partial charge in [-0.15, -0.1) is 0 Å². The van der Waals surface area contributed by atoms with Crippen LogP contribution in [-0.2, 0) is 13.6 Å². The largest absolute Gasteiger partial charge is 0.481 e. The van der Waals surface area contributed by atoms with Crippen LogP contribution in [0.25, 0.3) is 0 Å². The van der Waals surface area contributed by atoms with Gasteiger partial charge in [0.15, 0.2) is 0 Å². The van der Waals surface area contributed by atoms with Gasteiger partial charge >= 0.3 is 0 Å². The summed E-state index contributed by atoms with van der Waals surface area (Å²) in [4.78, 5) is 4.10. The molecule has 0 aromatic carbocycles. The van der Waals surface area contributed by atoms with Crippen LogP contribution in [0.5, 0.6) is 5.88 Å². The van der Waals surface area contributed by atoms with Gasteiger partial charge in [0.1, 0.15) is 0 Å². The number of rotatable bonds is 5. The molecule has 5 heteroatoms. The summed E-state index contributed by atoms with van der Waals surface area (Å²) in [7, 11) is 3.57. The summed E-state index contributed by atoms with van der Waals surface area (Å²) in [5.74, 6) is 0.643. The second-order valence-corrected chi connectivity index (χ2v) is 4.65. The van der Waals surface area contributed by atoms with Crippen molar-refractivity contribution in [2.24, 2.45) is 7.05 Å². The number of aryl methyl sites for hydroxylation is 2. The third-order valence-electron chi connectivity index (χ3n) is 3.14. The van der Waals surface area contributed by atoms with E-state index in [9.17, 15) is 0 Å². The minimum absolute atomic E-state index is 0.257. The molecule has 0 fully saturated rings. The first-order valence-corrected chi connectivity index (χ1v) is 6.32. The van der Waals surface area contributed by atoms with Gasteiger partial charge in [0.05, 0.1) is 12.8 Å². The van der Waals surface area contributed by atoms with E-state index in [1.807, 2.05) is 30.8 Å². The topological polar surface area (TPSA) is 52.0 Å². The van der Waals surface area contributed by atoms with E-state index in [0.717, 1.165) is 17.8 Å². The molecule has 0 spiro atoms. The number of hydrogen-bond acceptors (Lipinski definition) is 4. The minimum atomic E-state index is 0.257. The predicted molar refractivity (Wildman–Crippen MR) is 74.0 cm³/mol. The summed E-state index contributed by atoms with van der Waals surface area (Å²) in [6.45, 7) is 4.94. The van der Waals surface area contributed by atoms with Gasteiger partial charge < -0.3 is 10.1 Å². The van der Waals surface area contributed by atoms with Gasteiger partial charge in [-0.1, -0.05) is 0 Å². The van der Waals surface area contributed by atoms with E-state index in [1.54, 1.807) is 13.3 Å². The molecular formula is C14H20N4O. The zero-order valence-corrected chi connectivity index (χ0v) is 11.8. The van der Waals surface area contributed by atoms with Crippen LogP contribution in [-0.4, -0.2) is 21.9 Å². The fourth-order valence-electron chi connectivity index (χ4n) is 2.10. The van der Waals surface area contributed by atoms with E-state index >= 15 is 0 Å². The molecule has 1 unspecified atom stereocenters. The van der Waals surface area contributed by atoms with E-state index in [4.69, 9.17) is 4.74 Å². The van der Waals surface area contributed by atoms with E-state index in [2.05, 4.69) is 28.5 Å². The van der Waals surface area contributed by atoms with Crippen molar-refractivity contribution in [1.82, 2.24) is 20.1 Å². The number of nitrogens with one attached hydrogen (secondary N) is 1. The standard InChI is InChI=1S/C14H20N4O/c1-10(13-9-18(3)17-11(13)2)16-8-12-5-6-15-14(7-12)19-4/h5-7,9-10,16H,8H2,1-4H3. The van der Waals surface area contributed by atoms with E-state index < -0.39 is 0 Å². The maximum Gasteiger partial charge on any atom is 0.213 e. The van der Waals surface area contributed by atoms with Gasteiger partial charge in [-0.05, 0) is 25.5 Å². The highest BCUT2D eigenvalue weighted by Gasteiger charge is 2.11. The molecule has 102 valence electrons. The fourth-order valence-corrected chi connectivity index (χ4v) is 2.10. The Balaban J connectivity index is 2.00. The Morgan fingerprint density at radius 1 is 1.47 bits per heavy atom. The average Bonchev–Trinajstić information content (AvgIpc) is 2.75. The molecule has 1 atom stereocenters. The fraction of sp³-hybridized carbons (Fsp3) is 0.429. The number of methoxy groups -OCH3 is 1. The first kappa shape index (κ1) is 13.5. The first-order chi connectivity index (χ1) is 9.10. The summed E-state index contributed by atoms with van der Waals surface area (Å²) in [5.41, 5.74) is 3.44. The van der Waals surface area contributed by atoms with Gasteiger partial charge in [-0.2, -0.15) is 5.10 Å². The van der Waals surface area contributed by atoms with Crippen molar-refractivity contribution in [1.29, 1.82) is 0 Å². The highest BCUT2D eigenvalue weighted by Crippen LogP contribution is 2.16. The number of pyridine rings is 1. The van der Waals surface area contributed by atoms with E-state index in [1.165, 1.54) is 5.56 Å². The minimum Gasteiger partial charge on any atom is -0.481 e. The molecule has 0 saturated carbocycles. The van der Waals surface area contributed by atoms with Crippen molar-refractivity contribution in [3.05, 3.63) is 41.3 Å². The molecule has 19 heavy (non-hydrogen) atoms. The van der Waals surface area contributed by atoms with Crippen LogP contribution in [0.3, 0.4) is 0 Å². The average molecular weight is 260 g/mol. The Morgan fingerprint density at radius 3 is 2.89 bits per heavy atom. The number of hydrogen-bond donors (Lipinski definition) is 1. The van der Waals surface area contributed by atoms with Gasteiger partial charge in [0, 0.05) is 43.7 Å². The molecule has 0 bridgehead atoms. The summed E-state index contributed by atoms with van der Waals surface area (Å²) in [6, 6.07) is 4.18. The molecule has 0 radical (unpaired) electrons. The summed E-state index contributed by atoms with van der Waals surface area (Å²) in [5, 5.41) is 7.85. The van der Waals surface area contributed by atoms with Crippen molar-refractivity contribution in [3.8, 4) is 5.88 Å². The molecule has 0 aliphatic carbocycles. The van der Waals surface area contributed by atoms with Crippen molar-refractivity contribution in [2.75, 3.05) is 7.11 Å². The van der Waals surface area contributed by atoms with Gasteiger partial charge in [0.25, 0.3) is 0 Å². The lowest BCUT2D eigenvalue weighted by atomic mass is 10.1. The Hall–Kier alpha value is -1.88. The molecule has 0 aliphatic rings. The number of nitrogens with zero attached hydrogens (tertiary/aromatic N) is 3. The first-order valence-electron chi connectivity index (χ1n) is 6.32. The maximum atomic E-state index is 5.12. The molecule has 2 rings (SSSR count). The van der Waals surface area contributed by atoms with Crippen LogP contribution in [0.15, 0.2) is 24.5 Å². The Kier molecular flexibility index (Phi) is 4.16. The zero-order chi connectivity index (χ0) is 13.8. The van der Waals surface area contributed by atoms with Crippen LogP contribution in [0.2, 0.25) is 0 Å². The molecule has 2 heterocycles. The van der Waals surface area contributed by atoms with E-state index in [-0.39, 0.29) is 6.04 Å². The quantitative estimate of drug-likeness (QED) is 0.893. The van der Waals surface area contributed by atoms with Crippen molar-refractivity contribution in [3.63, 3.8) is 0 Å². The maximum absolute atomic E-state index is 5.12. The third kappa shape index (κ3) is 3.32. The monoisotopic (exact) mass is 260 g/mol. The zero-order valence-electron chi connectivity index (χ0n) is 11.8. The van der Waals surface area contributed by atoms with Crippen LogP contribution in [0.1, 0.15) is 29.8 Å². The molecule has 2 aromatic rings. The van der Waals surface area contributed by atoms with Gasteiger partial charge in [-0.25, -0.2) is 4.98 Å².